The van der Waals surface area contributed by atoms with Gasteiger partial charge in [-0.3, -0.25) is 4.79 Å². The summed E-state index contributed by atoms with van der Waals surface area (Å²) in [4.78, 5) is 12.6. The van der Waals surface area contributed by atoms with E-state index in [-0.39, 0.29) is 22.8 Å². The van der Waals surface area contributed by atoms with Crippen LogP contribution in [0.1, 0.15) is 54.4 Å². The minimum atomic E-state index is -0.356. The Labute approximate surface area is 130 Å². The lowest BCUT2D eigenvalue weighted by Crippen LogP contribution is -2.68. The van der Waals surface area contributed by atoms with Gasteiger partial charge in [0.2, 0.25) is 0 Å². The van der Waals surface area contributed by atoms with E-state index in [1.54, 1.807) is 13.0 Å². The molecular weight excluding hydrogens is 279 g/mol. The van der Waals surface area contributed by atoms with Crippen LogP contribution in [0.4, 0.5) is 4.39 Å². The number of amides is 1. The summed E-state index contributed by atoms with van der Waals surface area (Å²) >= 11 is 0. The Kier molecular flexibility index (Phi) is 2.93. The normalized spacial score (nSPS) is 39.0. The highest BCUT2D eigenvalue weighted by atomic mass is 19.1. The number of rotatable bonds is 2. The SMILES string of the molecule is Cc1cc(F)cc(C(=O)NC23CC4CC(CC(N)(C4)C2)C3)c1. The van der Waals surface area contributed by atoms with Crippen LogP contribution in [0.15, 0.2) is 18.2 Å². The van der Waals surface area contributed by atoms with Crippen LogP contribution < -0.4 is 11.1 Å². The first-order valence-electron chi connectivity index (χ1n) is 8.23. The van der Waals surface area contributed by atoms with Crippen LogP contribution in [-0.4, -0.2) is 17.0 Å². The molecule has 3 nitrogen and oxygen atoms in total. The average molecular weight is 302 g/mol. The smallest absolute Gasteiger partial charge is 0.251 e. The summed E-state index contributed by atoms with van der Waals surface area (Å²) in [7, 11) is 0. The van der Waals surface area contributed by atoms with Crippen molar-refractivity contribution in [2.45, 2.75) is 56.5 Å². The first-order chi connectivity index (χ1) is 10.3. The van der Waals surface area contributed by atoms with Crippen molar-refractivity contribution in [1.29, 1.82) is 0 Å². The van der Waals surface area contributed by atoms with Gasteiger partial charge in [0.05, 0.1) is 0 Å². The maximum absolute atomic E-state index is 13.5. The van der Waals surface area contributed by atoms with Crippen molar-refractivity contribution < 1.29 is 9.18 Å². The fourth-order valence-corrected chi connectivity index (χ4v) is 5.66. The predicted octanol–water partition coefficient (Wildman–Crippen LogP) is 2.91. The molecule has 0 spiro atoms. The number of carbonyl (C=O) groups is 1. The second-order valence-corrected chi connectivity index (χ2v) is 8.08. The Bertz CT molecular complexity index is 608. The quantitative estimate of drug-likeness (QED) is 0.882. The minimum Gasteiger partial charge on any atom is -0.347 e. The highest BCUT2D eigenvalue weighted by Crippen LogP contribution is 2.56. The zero-order valence-corrected chi connectivity index (χ0v) is 13.0. The summed E-state index contributed by atoms with van der Waals surface area (Å²) in [6, 6.07) is 4.51. The maximum atomic E-state index is 13.5. The number of benzene rings is 1. The fourth-order valence-electron chi connectivity index (χ4n) is 5.66. The zero-order valence-electron chi connectivity index (χ0n) is 13.0. The molecule has 5 rings (SSSR count). The molecule has 1 amide bonds. The molecule has 4 aliphatic carbocycles. The van der Waals surface area contributed by atoms with Gasteiger partial charge in [0, 0.05) is 16.6 Å². The largest absolute Gasteiger partial charge is 0.347 e. The number of nitrogens with two attached hydrogens (primary N) is 1. The van der Waals surface area contributed by atoms with Gasteiger partial charge in [0.1, 0.15) is 5.82 Å². The minimum absolute atomic E-state index is 0.102. The molecule has 0 aromatic heterocycles. The average Bonchev–Trinajstić information content (AvgIpc) is 2.33. The molecule has 1 aromatic rings. The molecule has 118 valence electrons. The third-order valence-corrected chi connectivity index (χ3v) is 5.79. The van der Waals surface area contributed by atoms with Crippen molar-refractivity contribution >= 4 is 5.91 Å². The lowest BCUT2D eigenvalue weighted by molar-refractivity contribution is -0.0321. The first kappa shape index (κ1) is 14.2. The maximum Gasteiger partial charge on any atom is 0.251 e. The van der Waals surface area contributed by atoms with Crippen LogP contribution in [-0.2, 0) is 0 Å². The number of aryl methyl sites for hydroxylation is 1. The van der Waals surface area contributed by atoms with E-state index in [2.05, 4.69) is 5.32 Å². The summed E-state index contributed by atoms with van der Waals surface area (Å²) in [5, 5.41) is 3.23. The highest BCUT2D eigenvalue weighted by Gasteiger charge is 2.56. The van der Waals surface area contributed by atoms with Crippen molar-refractivity contribution in [2.75, 3.05) is 0 Å². The van der Waals surface area contributed by atoms with E-state index in [0.717, 1.165) is 37.7 Å². The first-order valence-corrected chi connectivity index (χ1v) is 8.23. The monoisotopic (exact) mass is 302 g/mol. The molecule has 0 heterocycles. The van der Waals surface area contributed by atoms with Gasteiger partial charge in [-0.25, -0.2) is 4.39 Å². The number of carbonyl (C=O) groups excluding carboxylic acids is 1. The van der Waals surface area contributed by atoms with Crippen molar-refractivity contribution in [2.24, 2.45) is 17.6 Å². The summed E-state index contributed by atoms with van der Waals surface area (Å²) in [6.07, 6.45) is 6.38. The molecule has 0 saturated heterocycles. The number of halogens is 1. The number of hydrogen-bond acceptors (Lipinski definition) is 2. The number of nitrogens with one attached hydrogen (secondary N) is 1. The Morgan fingerprint density at radius 3 is 2.50 bits per heavy atom. The van der Waals surface area contributed by atoms with Crippen molar-refractivity contribution in [3.63, 3.8) is 0 Å². The van der Waals surface area contributed by atoms with Gasteiger partial charge < -0.3 is 11.1 Å². The second-order valence-electron chi connectivity index (χ2n) is 8.08. The van der Waals surface area contributed by atoms with Gasteiger partial charge in [-0.05, 0) is 81.0 Å². The molecule has 4 aliphatic rings. The van der Waals surface area contributed by atoms with E-state index in [9.17, 15) is 9.18 Å². The van der Waals surface area contributed by atoms with Crippen LogP contribution in [0, 0.1) is 24.6 Å². The third-order valence-electron chi connectivity index (χ3n) is 5.79. The van der Waals surface area contributed by atoms with Gasteiger partial charge in [-0.2, -0.15) is 0 Å². The van der Waals surface area contributed by atoms with Crippen LogP contribution in [0.3, 0.4) is 0 Å². The van der Waals surface area contributed by atoms with E-state index < -0.39 is 0 Å². The van der Waals surface area contributed by atoms with Gasteiger partial charge in [0.25, 0.3) is 5.91 Å². The molecule has 1 aromatic carbocycles. The summed E-state index contributed by atoms with van der Waals surface area (Å²) in [5.41, 5.74) is 7.47. The van der Waals surface area contributed by atoms with Crippen molar-refractivity contribution in [1.82, 2.24) is 5.32 Å². The Morgan fingerprint density at radius 2 is 1.91 bits per heavy atom. The number of hydrogen-bond donors (Lipinski definition) is 2. The molecule has 4 heteroatoms. The molecule has 2 atom stereocenters. The van der Waals surface area contributed by atoms with Crippen LogP contribution in [0.5, 0.6) is 0 Å². The van der Waals surface area contributed by atoms with Crippen LogP contribution in [0.25, 0.3) is 0 Å². The lowest BCUT2D eigenvalue weighted by Gasteiger charge is -2.61. The molecule has 22 heavy (non-hydrogen) atoms. The van der Waals surface area contributed by atoms with E-state index in [0.29, 0.717) is 17.4 Å². The summed E-state index contributed by atoms with van der Waals surface area (Å²) in [6.45, 7) is 1.81. The standard InChI is InChI=1S/C18H23FN2O/c1-11-2-14(5-15(19)3-11)16(22)21-18-8-12-4-13(9-18)7-17(20,6-12)10-18/h2-3,5,12-13H,4,6-10,20H2,1H3,(H,21,22). The van der Waals surface area contributed by atoms with Crippen molar-refractivity contribution in [3.05, 3.63) is 35.1 Å². The topological polar surface area (TPSA) is 55.1 Å². The second kappa shape index (κ2) is 4.54. The molecule has 4 saturated carbocycles. The molecular formula is C18H23FN2O. The van der Waals surface area contributed by atoms with Gasteiger partial charge in [0.15, 0.2) is 0 Å². The molecule has 4 fully saturated rings. The molecule has 0 radical (unpaired) electrons. The van der Waals surface area contributed by atoms with Crippen molar-refractivity contribution in [3.8, 4) is 0 Å². The van der Waals surface area contributed by atoms with Gasteiger partial charge in [-0.1, -0.05) is 0 Å². The molecule has 3 N–H and O–H groups in total. The van der Waals surface area contributed by atoms with E-state index in [4.69, 9.17) is 5.73 Å². The zero-order chi connectivity index (χ0) is 15.5. The predicted molar refractivity (Wildman–Crippen MR) is 82.9 cm³/mol. The Balaban J connectivity index is 1.59. The van der Waals surface area contributed by atoms with E-state index in [1.807, 2.05) is 0 Å². The molecule has 0 aliphatic heterocycles. The third kappa shape index (κ3) is 2.34. The fraction of sp³-hybridized carbons (Fsp3) is 0.611. The van der Waals surface area contributed by atoms with Crippen LogP contribution >= 0.6 is 0 Å². The molecule has 4 bridgehead atoms. The highest BCUT2D eigenvalue weighted by molar-refractivity contribution is 5.95. The van der Waals surface area contributed by atoms with Crippen LogP contribution in [0.2, 0.25) is 0 Å². The lowest BCUT2D eigenvalue weighted by atomic mass is 9.50. The Hall–Kier alpha value is -1.42. The molecule has 2 unspecified atom stereocenters. The van der Waals surface area contributed by atoms with E-state index in [1.165, 1.54) is 18.6 Å². The summed E-state index contributed by atoms with van der Waals surface area (Å²) in [5.74, 6) is 0.765. The summed E-state index contributed by atoms with van der Waals surface area (Å²) < 4.78 is 13.5. The van der Waals surface area contributed by atoms with Gasteiger partial charge >= 0.3 is 0 Å². The van der Waals surface area contributed by atoms with Gasteiger partial charge in [-0.15, -0.1) is 0 Å². The van der Waals surface area contributed by atoms with E-state index >= 15 is 0 Å². The Morgan fingerprint density at radius 1 is 1.23 bits per heavy atom.